The molecule has 90 valence electrons. The van der Waals surface area contributed by atoms with Gasteiger partial charge < -0.3 is 0 Å². The van der Waals surface area contributed by atoms with E-state index in [1.807, 2.05) is 11.4 Å². The summed E-state index contributed by atoms with van der Waals surface area (Å²) in [6.45, 7) is 2.14. The van der Waals surface area contributed by atoms with Crippen molar-refractivity contribution in [3.63, 3.8) is 0 Å². The highest BCUT2D eigenvalue weighted by Gasteiger charge is 2.16. The van der Waals surface area contributed by atoms with Gasteiger partial charge in [-0.3, -0.25) is 5.84 Å². The van der Waals surface area contributed by atoms with Gasteiger partial charge in [0.25, 0.3) is 0 Å². The van der Waals surface area contributed by atoms with Gasteiger partial charge in [0.05, 0.1) is 11.1 Å². The molecule has 1 aromatic heterocycles. The number of rotatable bonds is 4. The molecule has 2 nitrogen and oxygen atoms in total. The third-order valence-corrected chi connectivity index (χ3v) is 4.19. The first kappa shape index (κ1) is 12.6. The van der Waals surface area contributed by atoms with Crippen LogP contribution in [0.5, 0.6) is 0 Å². The minimum atomic E-state index is -0.0333. The molecule has 0 amide bonds. The molecular weight excluding hydrogens is 252 g/mol. The van der Waals surface area contributed by atoms with Crippen LogP contribution in [0.25, 0.3) is 0 Å². The number of nitrogens with one attached hydrogen (secondary N) is 1. The average Bonchev–Trinajstić information content (AvgIpc) is 2.77. The molecular formula is C13H15ClN2S. The van der Waals surface area contributed by atoms with Crippen LogP contribution in [0.3, 0.4) is 0 Å². The van der Waals surface area contributed by atoms with Gasteiger partial charge in [0.2, 0.25) is 0 Å². The van der Waals surface area contributed by atoms with Crippen molar-refractivity contribution in [2.24, 2.45) is 5.84 Å². The van der Waals surface area contributed by atoms with Crippen LogP contribution >= 0.6 is 22.9 Å². The Morgan fingerprint density at radius 3 is 2.82 bits per heavy atom. The van der Waals surface area contributed by atoms with E-state index in [0.29, 0.717) is 0 Å². The summed E-state index contributed by atoms with van der Waals surface area (Å²) < 4.78 is 0. The van der Waals surface area contributed by atoms with Crippen LogP contribution < -0.4 is 11.3 Å². The molecule has 0 aliphatic heterocycles. The van der Waals surface area contributed by atoms with Gasteiger partial charge in [-0.15, -0.1) is 11.3 Å². The Balaban J connectivity index is 2.38. The number of halogens is 1. The van der Waals surface area contributed by atoms with E-state index in [2.05, 4.69) is 36.6 Å². The third kappa shape index (κ3) is 2.69. The molecule has 0 radical (unpaired) electrons. The summed E-state index contributed by atoms with van der Waals surface area (Å²) in [5.74, 6) is 5.65. The molecule has 0 fully saturated rings. The number of aryl methyl sites for hydroxylation is 1. The summed E-state index contributed by atoms with van der Waals surface area (Å²) >= 11 is 7.77. The van der Waals surface area contributed by atoms with Crippen molar-refractivity contribution in [2.45, 2.75) is 19.4 Å². The van der Waals surface area contributed by atoms with E-state index in [9.17, 15) is 0 Å². The van der Waals surface area contributed by atoms with Crippen molar-refractivity contribution in [3.8, 4) is 0 Å². The van der Waals surface area contributed by atoms with Crippen LogP contribution in [0.2, 0.25) is 5.02 Å². The molecule has 3 N–H and O–H groups in total. The second-order valence-corrected chi connectivity index (χ2v) is 5.19. The van der Waals surface area contributed by atoms with Crippen molar-refractivity contribution in [2.75, 3.05) is 0 Å². The van der Waals surface area contributed by atoms with E-state index < -0.39 is 0 Å². The summed E-state index contributed by atoms with van der Waals surface area (Å²) in [4.78, 5) is 1.06. The van der Waals surface area contributed by atoms with Crippen LogP contribution in [0.4, 0.5) is 0 Å². The minimum Gasteiger partial charge on any atom is -0.271 e. The lowest BCUT2D eigenvalue weighted by Crippen LogP contribution is -2.28. The van der Waals surface area contributed by atoms with Gasteiger partial charge in [-0.2, -0.15) is 0 Å². The highest BCUT2D eigenvalue weighted by molar-refractivity contribution is 7.10. The lowest BCUT2D eigenvalue weighted by molar-refractivity contribution is 0.646. The molecule has 1 atom stereocenters. The van der Waals surface area contributed by atoms with Crippen LogP contribution in [0.1, 0.15) is 29.0 Å². The average molecular weight is 267 g/mol. The zero-order valence-electron chi connectivity index (χ0n) is 9.61. The molecule has 2 aromatic rings. The summed E-state index contributed by atoms with van der Waals surface area (Å²) in [5.41, 5.74) is 5.29. The minimum absolute atomic E-state index is 0.0333. The smallest absolute Gasteiger partial charge is 0.0817 e. The number of hydrazine groups is 1. The number of nitrogens with two attached hydrogens (primary N) is 1. The zero-order chi connectivity index (χ0) is 12.3. The molecule has 0 aliphatic rings. The topological polar surface area (TPSA) is 38.0 Å². The molecule has 2 rings (SSSR count). The molecule has 0 aliphatic carbocycles. The Kier molecular flexibility index (Phi) is 4.18. The fourth-order valence-electron chi connectivity index (χ4n) is 1.83. The van der Waals surface area contributed by atoms with E-state index in [1.54, 1.807) is 11.3 Å². The van der Waals surface area contributed by atoms with Crippen LogP contribution in [0, 0.1) is 0 Å². The van der Waals surface area contributed by atoms with Gasteiger partial charge in [0.1, 0.15) is 0 Å². The maximum atomic E-state index is 6.15. The zero-order valence-corrected chi connectivity index (χ0v) is 11.2. The number of hydrogen-bond acceptors (Lipinski definition) is 3. The van der Waals surface area contributed by atoms with E-state index in [4.69, 9.17) is 17.4 Å². The predicted molar refractivity (Wildman–Crippen MR) is 74.3 cm³/mol. The lowest BCUT2D eigenvalue weighted by atomic mass is 10.0. The van der Waals surface area contributed by atoms with Gasteiger partial charge in [0.15, 0.2) is 0 Å². The quantitative estimate of drug-likeness (QED) is 0.656. The second kappa shape index (κ2) is 5.65. The molecule has 0 bridgehead atoms. The second-order valence-electron chi connectivity index (χ2n) is 3.83. The van der Waals surface area contributed by atoms with Crippen molar-refractivity contribution in [1.82, 2.24) is 5.43 Å². The molecule has 0 spiro atoms. The summed E-state index contributed by atoms with van der Waals surface area (Å²) in [6.07, 6.45) is 1.02. The van der Waals surface area contributed by atoms with E-state index in [-0.39, 0.29) is 6.04 Å². The Bertz CT molecular complexity index is 496. The van der Waals surface area contributed by atoms with Crippen molar-refractivity contribution in [1.29, 1.82) is 0 Å². The molecule has 4 heteroatoms. The number of hydrogen-bond donors (Lipinski definition) is 2. The van der Waals surface area contributed by atoms with Crippen LogP contribution in [-0.2, 0) is 6.42 Å². The van der Waals surface area contributed by atoms with Gasteiger partial charge in [-0.1, -0.05) is 42.8 Å². The normalized spacial score (nSPS) is 12.6. The highest BCUT2D eigenvalue weighted by atomic mass is 35.5. The van der Waals surface area contributed by atoms with Crippen molar-refractivity contribution < 1.29 is 0 Å². The fraction of sp³-hybridized carbons (Fsp3) is 0.231. The molecule has 17 heavy (non-hydrogen) atoms. The molecule has 1 unspecified atom stereocenters. The largest absolute Gasteiger partial charge is 0.271 e. The summed E-state index contributed by atoms with van der Waals surface area (Å²) in [6, 6.07) is 10.3. The first-order valence-corrected chi connectivity index (χ1v) is 6.80. The summed E-state index contributed by atoms with van der Waals surface area (Å²) in [5, 5.41) is 2.74. The molecule has 0 saturated heterocycles. The van der Waals surface area contributed by atoms with Gasteiger partial charge in [0, 0.05) is 4.88 Å². The van der Waals surface area contributed by atoms with Gasteiger partial charge in [-0.05, 0) is 29.0 Å². The maximum Gasteiger partial charge on any atom is 0.0817 e. The van der Waals surface area contributed by atoms with Crippen molar-refractivity contribution in [3.05, 3.63) is 56.7 Å². The van der Waals surface area contributed by atoms with Gasteiger partial charge >= 0.3 is 0 Å². The molecule has 1 heterocycles. The Morgan fingerprint density at radius 1 is 1.41 bits per heavy atom. The first-order chi connectivity index (χ1) is 8.26. The third-order valence-electron chi connectivity index (χ3n) is 2.77. The SMILES string of the molecule is CCc1cccc(C(NN)c2sccc2Cl)c1. The van der Waals surface area contributed by atoms with E-state index in [0.717, 1.165) is 21.9 Å². The fourth-order valence-corrected chi connectivity index (χ4v) is 3.08. The predicted octanol–water partition coefficient (Wildman–Crippen LogP) is 3.52. The Morgan fingerprint density at radius 2 is 2.24 bits per heavy atom. The maximum absolute atomic E-state index is 6.15. The van der Waals surface area contributed by atoms with Crippen LogP contribution in [0.15, 0.2) is 35.7 Å². The van der Waals surface area contributed by atoms with Gasteiger partial charge in [-0.25, -0.2) is 5.43 Å². The number of benzene rings is 1. The van der Waals surface area contributed by atoms with Crippen molar-refractivity contribution >= 4 is 22.9 Å². The Labute approximate surface area is 110 Å². The number of thiophene rings is 1. The molecule has 1 aromatic carbocycles. The van der Waals surface area contributed by atoms with Crippen LogP contribution in [-0.4, -0.2) is 0 Å². The highest BCUT2D eigenvalue weighted by Crippen LogP contribution is 2.32. The molecule has 0 saturated carbocycles. The lowest BCUT2D eigenvalue weighted by Gasteiger charge is -2.16. The monoisotopic (exact) mass is 266 g/mol. The summed E-state index contributed by atoms with van der Waals surface area (Å²) in [7, 11) is 0. The Hall–Kier alpha value is -0.870. The van der Waals surface area contributed by atoms with E-state index in [1.165, 1.54) is 5.56 Å². The van der Waals surface area contributed by atoms with E-state index >= 15 is 0 Å². The first-order valence-electron chi connectivity index (χ1n) is 5.54. The standard InChI is InChI=1S/C13H15ClN2S/c1-2-9-4-3-5-10(8-9)12(16-15)13-11(14)6-7-17-13/h3-8,12,16H,2,15H2,1H3.